The summed E-state index contributed by atoms with van der Waals surface area (Å²) >= 11 is 0. The second-order valence-electron chi connectivity index (χ2n) is 6.89. The molecule has 1 aliphatic heterocycles. The molecule has 0 bridgehead atoms. The number of aryl methyl sites for hydroxylation is 2. The van der Waals surface area contributed by atoms with Crippen molar-refractivity contribution in [3.63, 3.8) is 0 Å². The molecule has 1 N–H and O–H groups in total. The van der Waals surface area contributed by atoms with Gasteiger partial charge in [-0.15, -0.1) is 0 Å². The van der Waals surface area contributed by atoms with Gasteiger partial charge in [0.2, 0.25) is 15.9 Å². The van der Waals surface area contributed by atoms with E-state index in [0.717, 1.165) is 16.9 Å². The van der Waals surface area contributed by atoms with Crippen molar-refractivity contribution in [3.8, 4) is 5.75 Å². The molecule has 3 rings (SSSR count). The van der Waals surface area contributed by atoms with E-state index in [1.807, 2.05) is 25.1 Å². The lowest BCUT2D eigenvalue weighted by Gasteiger charge is -2.26. The van der Waals surface area contributed by atoms with Gasteiger partial charge >= 0.3 is 0 Å². The van der Waals surface area contributed by atoms with Gasteiger partial charge in [-0.25, -0.2) is 8.42 Å². The second-order valence-corrected chi connectivity index (χ2v) is 8.83. The maximum Gasteiger partial charge on any atom is 0.243 e. The van der Waals surface area contributed by atoms with Gasteiger partial charge in [0.05, 0.1) is 25.2 Å². The number of hydrogen-bond donors (Lipinski definition) is 1. The molecule has 2 aromatic rings. The van der Waals surface area contributed by atoms with Crippen LogP contribution in [-0.4, -0.2) is 52.0 Å². The number of carbonyl (C=O) groups excluding carboxylic acids is 1. The van der Waals surface area contributed by atoms with Gasteiger partial charge < -0.3 is 14.8 Å². The molecule has 2 aromatic carbocycles. The van der Waals surface area contributed by atoms with Crippen LogP contribution in [0.25, 0.3) is 0 Å². The van der Waals surface area contributed by atoms with Crippen LogP contribution < -0.4 is 10.1 Å². The molecule has 156 valence electrons. The first kappa shape index (κ1) is 21.3. The van der Waals surface area contributed by atoms with E-state index >= 15 is 0 Å². The minimum absolute atomic E-state index is 0.123. The normalized spacial score (nSPS) is 15.1. The summed E-state index contributed by atoms with van der Waals surface area (Å²) in [5, 5.41) is 2.82. The SMILES string of the molecule is COc1ccc(CCC(=O)Nc2ccc(S(=O)(=O)N3CCOCC3)cc2)cc1C. The lowest BCUT2D eigenvalue weighted by atomic mass is 10.1. The maximum absolute atomic E-state index is 12.6. The van der Waals surface area contributed by atoms with Crippen molar-refractivity contribution < 1.29 is 22.7 Å². The number of nitrogens with one attached hydrogen (secondary N) is 1. The number of sulfonamides is 1. The topological polar surface area (TPSA) is 84.9 Å². The molecule has 29 heavy (non-hydrogen) atoms. The average Bonchev–Trinajstić information content (AvgIpc) is 2.73. The van der Waals surface area contributed by atoms with E-state index in [9.17, 15) is 13.2 Å². The highest BCUT2D eigenvalue weighted by atomic mass is 32.2. The fraction of sp³-hybridized carbons (Fsp3) is 0.381. The lowest BCUT2D eigenvalue weighted by Crippen LogP contribution is -2.40. The zero-order valence-corrected chi connectivity index (χ0v) is 17.5. The molecular weight excluding hydrogens is 392 g/mol. The molecule has 0 saturated carbocycles. The van der Waals surface area contributed by atoms with Crippen molar-refractivity contribution >= 4 is 21.6 Å². The molecule has 1 amide bonds. The molecular formula is C21H26N2O5S. The van der Waals surface area contributed by atoms with Gasteiger partial charge in [-0.1, -0.05) is 12.1 Å². The van der Waals surface area contributed by atoms with Crippen LogP contribution in [0.15, 0.2) is 47.4 Å². The summed E-state index contributed by atoms with van der Waals surface area (Å²) in [6.45, 7) is 3.48. The summed E-state index contributed by atoms with van der Waals surface area (Å²) in [6.07, 6.45) is 0.944. The van der Waals surface area contributed by atoms with Crippen LogP contribution in [0, 0.1) is 6.92 Å². The predicted octanol–water partition coefficient (Wildman–Crippen LogP) is 2.60. The Bertz CT molecular complexity index is 952. The van der Waals surface area contributed by atoms with E-state index in [1.165, 1.54) is 16.4 Å². The zero-order chi connectivity index (χ0) is 20.9. The van der Waals surface area contributed by atoms with Gasteiger partial charge in [-0.3, -0.25) is 4.79 Å². The molecule has 0 radical (unpaired) electrons. The summed E-state index contributed by atoms with van der Waals surface area (Å²) in [5.41, 5.74) is 2.66. The molecule has 1 aliphatic rings. The van der Waals surface area contributed by atoms with Crippen LogP contribution in [0.4, 0.5) is 5.69 Å². The Kier molecular flexibility index (Phi) is 6.89. The zero-order valence-electron chi connectivity index (χ0n) is 16.7. The van der Waals surface area contributed by atoms with Crippen molar-refractivity contribution in [1.29, 1.82) is 0 Å². The largest absolute Gasteiger partial charge is 0.496 e. The molecule has 0 spiro atoms. The summed E-state index contributed by atoms with van der Waals surface area (Å²) in [7, 11) is -1.90. The first-order valence-electron chi connectivity index (χ1n) is 9.51. The van der Waals surface area contributed by atoms with Crippen LogP contribution in [-0.2, 0) is 26.0 Å². The molecule has 0 atom stereocenters. The van der Waals surface area contributed by atoms with E-state index in [1.54, 1.807) is 19.2 Å². The standard InChI is InChI=1S/C21H26N2O5S/c1-16-15-17(3-9-20(16)27-2)4-10-21(24)22-18-5-7-19(8-6-18)29(25,26)23-11-13-28-14-12-23/h3,5-9,15H,4,10-14H2,1-2H3,(H,22,24). The minimum atomic E-state index is -3.53. The second kappa shape index (κ2) is 9.39. The van der Waals surface area contributed by atoms with E-state index in [4.69, 9.17) is 9.47 Å². The number of nitrogens with zero attached hydrogens (tertiary/aromatic N) is 1. The average molecular weight is 419 g/mol. The first-order valence-corrected chi connectivity index (χ1v) is 11.0. The van der Waals surface area contributed by atoms with Crippen molar-refractivity contribution in [2.24, 2.45) is 0 Å². The van der Waals surface area contributed by atoms with Crippen LogP contribution in [0.1, 0.15) is 17.5 Å². The quantitative estimate of drug-likeness (QED) is 0.747. The highest BCUT2D eigenvalue weighted by Gasteiger charge is 2.26. The molecule has 0 aromatic heterocycles. The maximum atomic E-state index is 12.6. The number of carbonyl (C=O) groups is 1. The van der Waals surface area contributed by atoms with Crippen molar-refractivity contribution in [3.05, 3.63) is 53.6 Å². The summed E-state index contributed by atoms with van der Waals surface area (Å²) in [5.74, 6) is 0.701. The van der Waals surface area contributed by atoms with Crippen LogP contribution in [0.3, 0.4) is 0 Å². The van der Waals surface area contributed by atoms with E-state index in [0.29, 0.717) is 44.8 Å². The fourth-order valence-corrected chi connectivity index (χ4v) is 4.63. The smallest absolute Gasteiger partial charge is 0.243 e. The first-order chi connectivity index (χ1) is 13.9. The van der Waals surface area contributed by atoms with Crippen molar-refractivity contribution in [1.82, 2.24) is 4.31 Å². The van der Waals surface area contributed by atoms with Gasteiger partial charge in [0.25, 0.3) is 0 Å². The van der Waals surface area contributed by atoms with Crippen LogP contribution >= 0.6 is 0 Å². The van der Waals surface area contributed by atoms with Gasteiger partial charge in [-0.2, -0.15) is 4.31 Å². The van der Waals surface area contributed by atoms with Gasteiger partial charge in [0.1, 0.15) is 5.75 Å². The number of hydrogen-bond acceptors (Lipinski definition) is 5. The number of rotatable bonds is 7. The lowest BCUT2D eigenvalue weighted by molar-refractivity contribution is -0.116. The Morgan fingerprint density at radius 2 is 1.83 bits per heavy atom. The fourth-order valence-electron chi connectivity index (χ4n) is 3.22. The van der Waals surface area contributed by atoms with E-state index < -0.39 is 10.0 Å². The summed E-state index contributed by atoms with van der Waals surface area (Å²) < 4.78 is 37.1. The van der Waals surface area contributed by atoms with Crippen molar-refractivity contribution in [2.45, 2.75) is 24.7 Å². The number of benzene rings is 2. The Hall–Kier alpha value is -2.42. The van der Waals surface area contributed by atoms with Crippen LogP contribution in [0.5, 0.6) is 5.75 Å². The molecule has 1 saturated heterocycles. The van der Waals surface area contributed by atoms with Crippen LogP contribution in [0.2, 0.25) is 0 Å². The Labute approximate surface area is 171 Å². The van der Waals surface area contributed by atoms with Crippen molar-refractivity contribution in [2.75, 3.05) is 38.7 Å². The molecule has 0 unspecified atom stereocenters. The molecule has 7 nitrogen and oxygen atoms in total. The molecule has 8 heteroatoms. The summed E-state index contributed by atoms with van der Waals surface area (Å²) in [4.78, 5) is 12.5. The van der Waals surface area contributed by atoms with Gasteiger partial charge in [-0.05, 0) is 54.8 Å². The monoisotopic (exact) mass is 418 g/mol. The third-order valence-corrected chi connectivity index (χ3v) is 6.76. The predicted molar refractivity (Wildman–Crippen MR) is 111 cm³/mol. The minimum Gasteiger partial charge on any atom is -0.496 e. The molecule has 1 fully saturated rings. The highest BCUT2D eigenvalue weighted by molar-refractivity contribution is 7.89. The number of methoxy groups -OCH3 is 1. The number of anilines is 1. The van der Waals surface area contributed by atoms with Gasteiger partial charge in [0, 0.05) is 25.2 Å². The Morgan fingerprint density at radius 3 is 2.45 bits per heavy atom. The Balaban J connectivity index is 1.56. The number of ether oxygens (including phenoxy) is 2. The molecule has 0 aliphatic carbocycles. The highest BCUT2D eigenvalue weighted by Crippen LogP contribution is 2.21. The van der Waals surface area contributed by atoms with Gasteiger partial charge in [0.15, 0.2) is 0 Å². The van der Waals surface area contributed by atoms with E-state index in [2.05, 4.69) is 5.32 Å². The third kappa shape index (κ3) is 5.35. The summed E-state index contributed by atoms with van der Waals surface area (Å²) in [6, 6.07) is 12.1. The number of amides is 1. The number of morpholine rings is 1. The Morgan fingerprint density at radius 1 is 1.14 bits per heavy atom. The third-order valence-electron chi connectivity index (χ3n) is 4.85. The van der Waals surface area contributed by atoms with E-state index in [-0.39, 0.29) is 10.8 Å². The molecule has 1 heterocycles.